The molecule has 6 heteroatoms. The first-order valence-electron chi connectivity index (χ1n) is 7.39. The van der Waals surface area contributed by atoms with Crippen LogP contribution < -0.4 is 5.32 Å². The Morgan fingerprint density at radius 1 is 1.24 bits per heavy atom. The molecule has 0 aliphatic carbocycles. The standard InChI is InChI=1S/C15H25FN2O2S/c1-4-6-7-10-18(3)21(19,20)15-11-13(12-17-5-2)8-9-14(15)16/h8-9,11,17H,4-7,10,12H2,1-3H3. The molecule has 0 atom stereocenters. The van der Waals surface area contributed by atoms with Gasteiger partial charge in [0.1, 0.15) is 10.7 Å². The molecule has 4 nitrogen and oxygen atoms in total. The highest BCUT2D eigenvalue weighted by Crippen LogP contribution is 2.20. The summed E-state index contributed by atoms with van der Waals surface area (Å²) in [4.78, 5) is -0.239. The lowest BCUT2D eigenvalue weighted by molar-refractivity contribution is 0.448. The number of rotatable bonds is 9. The van der Waals surface area contributed by atoms with Crippen molar-refractivity contribution in [2.75, 3.05) is 20.1 Å². The van der Waals surface area contributed by atoms with E-state index >= 15 is 0 Å². The molecule has 0 amide bonds. The average Bonchev–Trinajstić information content (AvgIpc) is 2.46. The SMILES string of the molecule is CCCCCN(C)S(=O)(=O)c1cc(CNCC)ccc1F. The van der Waals surface area contributed by atoms with Crippen LogP contribution in [0.3, 0.4) is 0 Å². The molecule has 0 saturated heterocycles. The van der Waals surface area contributed by atoms with Crippen molar-refractivity contribution in [3.8, 4) is 0 Å². The third kappa shape index (κ3) is 5.05. The quantitative estimate of drug-likeness (QED) is 0.713. The van der Waals surface area contributed by atoms with Crippen molar-refractivity contribution in [2.45, 2.75) is 44.6 Å². The Hall–Kier alpha value is -0.980. The van der Waals surface area contributed by atoms with Gasteiger partial charge in [-0.15, -0.1) is 0 Å². The smallest absolute Gasteiger partial charge is 0.245 e. The van der Waals surface area contributed by atoms with E-state index in [1.807, 2.05) is 6.92 Å². The van der Waals surface area contributed by atoms with Gasteiger partial charge >= 0.3 is 0 Å². The van der Waals surface area contributed by atoms with Crippen LogP contribution in [0, 0.1) is 5.82 Å². The number of halogens is 1. The van der Waals surface area contributed by atoms with E-state index in [4.69, 9.17) is 0 Å². The topological polar surface area (TPSA) is 49.4 Å². The Balaban J connectivity index is 2.95. The molecule has 0 fully saturated rings. The van der Waals surface area contributed by atoms with Gasteiger partial charge in [0, 0.05) is 20.1 Å². The van der Waals surface area contributed by atoms with E-state index in [1.54, 1.807) is 6.07 Å². The molecule has 0 unspecified atom stereocenters. The van der Waals surface area contributed by atoms with Gasteiger partial charge in [0.05, 0.1) is 0 Å². The number of benzene rings is 1. The van der Waals surface area contributed by atoms with Crippen molar-refractivity contribution in [2.24, 2.45) is 0 Å². The van der Waals surface area contributed by atoms with Gasteiger partial charge in [0.15, 0.2) is 0 Å². The molecule has 0 heterocycles. The maximum atomic E-state index is 13.9. The zero-order valence-electron chi connectivity index (χ0n) is 13.0. The lowest BCUT2D eigenvalue weighted by Crippen LogP contribution is -2.29. The van der Waals surface area contributed by atoms with Crippen molar-refractivity contribution >= 4 is 10.0 Å². The fourth-order valence-electron chi connectivity index (χ4n) is 2.00. The molecule has 0 aliphatic heterocycles. The predicted octanol–water partition coefficient (Wildman–Crippen LogP) is 2.75. The van der Waals surface area contributed by atoms with Crippen LogP contribution in [0.2, 0.25) is 0 Å². The maximum Gasteiger partial charge on any atom is 0.245 e. The number of hydrogen-bond donors (Lipinski definition) is 1. The highest BCUT2D eigenvalue weighted by molar-refractivity contribution is 7.89. The Kier molecular flexibility index (Phi) is 7.28. The van der Waals surface area contributed by atoms with Gasteiger partial charge in [-0.1, -0.05) is 32.8 Å². The molecule has 1 aromatic rings. The third-order valence-corrected chi connectivity index (χ3v) is 5.21. The summed E-state index contributed by atoms with van der Waals surface area (Å²) in [6.45, 7) is 5.73. The molecule has 1 N–H and O–H groups in total. The molecule has 0 saturated carbocycles. The van der Waals surface area contributed by atoms with E-state index in [-0.39, 0.29) is 4.90 Å². The Morgan fingerprint density at radius 2 is 1.95 bits per heavy atom. The van der Waals surface area contributed by atoms with Crippen LogP contribution >= 0.6 is 0 Å². The largest absolute Gasteiger partial charge is 0.313 e. The third-order valence-electron chi connectivity index (χ3n) is 3.34. The van der Waals surface area contributed by atoms with Gasteiger partial charge in [-0.3, -0.25) is 0 Å². The summed E-state index contributed by atoms with van der Waals surface area (Å²) in [5, 5.41) is 3.10. The predicted molar refractivity (Wildman–Crippen MR) is 83.1 cm³/mol. The molecular weight excluding hydrogens is 291 g/mol. The Labute approximate surface area is 127 Å². The summed E-state index contributed by atoms with van der Waals surface area (Å²) in [6, 6.07) is 4.25. The molecule has 0 radical (unpaired) electrons. The van der Waals surface area contributed by atoms with Crippen LogP contribution in [0.1, 0.15) is 38.7 Å². The Morgan fingerprint density at radius 3 is 2.57 bits per heavy atom. The van der Waals surface area contributed by atoms with Crippen molar-refractivity contribution in [3.05, 3.63) is 29.6 Å². The summed E-state index contributed by atoms with van der Waals surface area (Å²) < 4.78 is 40.0. The zero-order valence-corrected chi connectivity index (χ0v) is 13.8. The van der Waals surface area contributed by atoms with Gasteiger partial charge in [0.2, 0.25) is 10.0 Å². The van der Waals surface area contributed by atoms with Gasteiger partial charge in [-0.25, -0.2) is 17.1 Å². The van der Waals surface area contributed by atoms with E-state index in [2.05, 4.69) is 12.2 Å². The molecular formula is C15H25FN2O2S. The Bertz CT molecular complexity index is 547. The lowest BCUT2D eigenvalue weighted by atomic mass is 10.2. The summed E-state index contributed by atoms with van der Waals surface area (Å²) in [5.74, 6) is -0.697. The fourth-order valence-corrected chi connectivity index (χ4v) is 3.32. The molecule has 120 valence electrons. The first kappa shape index (κ1) is 18.1. The van der Waals surface area contributed by atoms with Crippen molar-refractivity contribution < 1.29 is 12.8 Å². The highest BCUT2D eigenvalue weighted by atomic mass is 32.2. The summed E-state index contributed by atoms with van der Waals surface area (Å²) in [6.07, 6.45) is 2.76. The minimum atomic E-state index is -3.77. The summed E-state index contributed by atoms with van der Waals surface area (Å²) >= 11 is 0. The normalized spacial score (nSPS) is 12.0. The van der Waals surface area contributed by atoms with Crippen LogP contribution in [0.25, 0.3) is 0 Å². The van der Waals surface area contributed by atoms with Gasteiger partial charge < -0.3 is 5.32 Å². The number of sulfonamides is 1. The minimum absolute atomic E-state index is 0.239. The van der Waals surface area contributed by atoms with E-state index < -0.39 is 15.8 Å². The second kappa shape index (κ2) is 8.46. The maximum absolute atomic E-state index is 13.9. The second-order valence-electron chi connectivity index (χ2n) is 5.08. The number of unbranched alkanes of at least 4 members (excludes halogenated alkanes) is 2. The molecule has 0 aliphatic rings. The van der Waals surface area contributed by atoms with Crippen molar-refractivity contribution in [3.63, 3.8) is 0 Å². The number of hydrogen-bond acceptors (Lipinski definition) is 3. The second-order valence-corrected chi connectivity index (χ2v) is 7.09. The average molecular weight is 316 g/mol. The van der Waals surface area contributed by atoms with Crippen LogP contribution in [-0.4, -0.2) is 32.9 Å². The van der Waals surface area contributed by atoms with E-state index in [9.17, 15) is 12.8 Å². The first-order valence-corrected chi connectivity index (χ1v) is 8.83. The van der Waals surface area contributed by atoms with Gasteiger partial charge in [0.25, 0.3) is 0 Å². The number of nitrogens with zero attached hydrogens (tertiary/aromatic N) is 1. The summed E-state index contributed by atoms with van der Waals surface area (Å²) in [5.41, 5.74) is 0.763. The van der Waals surface area contributed by atoms with Crippen LogP contribution in [0.5, 0.6) is 0 Å². The minimum Gasteiger partial charge on any atom is -0.313 e. The fraction of sp³-hybridized carbons (Fsp3) is 0.600. The number of nitrogens with one attached hydrogen (secondary N) is 1. The molecule has 0 bridgehead atoms. The van der Waals surface area contributed by atoms with E-state index in [1.165, 1.54) is 23.5 Å². The van der Waals surface area contributed by atoms with Crippen molar-refractivity contribution in [1.29, 1.82) is 0 Å². The summed E-state index contributed by atoms with van der Waals surface area (Å²) in [7, 11) is -2.27. The van der Waals surface area contributed by atoms with Crippen LogP contribution in [0.15, 0.2) is 23.1 Å². The molecule has 21 heavy (non-hydrogen) atoms. The zero-order chi connectivity index (χ0) is 15.9. The molecule has 0 aromatic heterocycles. The lowest BCUT2D eigenvalue weighted by Gasteiger charge is -2.18. The van der Waals surface area contributed by atoms with Crippen LogP contribution in [-0.2, 0) is 16.6 Å². The monoisotopic (exact) mass is 316 g/mol. The van der Waals surface area contributed by atoms with Crippen LogP contribution in [0.4, 0.5) is 4.39 Å². The van der Waals surface area contributed by atoms with E-state index in [0.717, 1.165) is 31.4 Å². The molecule has 1 aromatic carbocycles. The molecule has 0 spiro atoms. The van der Waals surface area contributed by atoms with E-state index in [0.29, 0.717) is 13.1 Å². The van der Waals surface area contributed by atoms with Crippen molar-refractivity contribution in [1.82, 2.24) is 9.62 Å². The van der Waals surface area contributed by atoms with Gasteiger partial charge in [-0.2, -0.15) is 0 Å². The molecule has 1 rings (SSSR count). The first-order chi connectivity index (χ1) is 9.93. The van der Waals surface area contributed by atoms with Gasteiger partial charge in [-0.05, 0) is 30.7 Å². The highest BCUT2D eigenvalue weighted by Gasteiger charge is 2.24.